The Bertz CT molecular complexity index is 760. The highest BCUT2D eigenvalue weighted by Crippen LogP contribution is 2.21. The number of nitrogens with zero attached hydrogens (tertiary/aromatic N) is 2. The Morgan fingerprint density at radius 2 is 2.05 bits per heavy atom. The van der Waals surface area contributed by atoms with Crippen LogP contribution in [0.2, 0.25) is 0 Å². The predicted octanol–water partition coefficient (Wildman–Crippen LogP) is 4.81. The SMILES string of the molecule is Cc1cccc(-c2nccn2Cc2cc(F)cc(Br)c2)c1. The van der Waals surface area contributed by atoms with Crippen LogP contribution >= 0.6 is 15.9 Å². The summed E-state index contributed by atoms with van der Waals surface area (Å²) in [6, 6.07) is 13.1. The third kappa shape index (κ3) is 3.22. The minimum absolute atomic E-state index is 0.239. The van der Waals surface area contributed by atoms with E-state index in [1.165, 1.54) is 11.6 Å². The summed E-state index contributed by atoms with van der Waals surface area (Å²) in [5.41, 5.74) is 3.15. The summed E-state index contributed by atoms with van der Waals surface area (Å²) in [6.07, 6.45) is 3.68. The Morgan fingerprint density at radius 3 is 2.81 bits per heavy atom. The molecule has 2 nitrogen and oxygen atoms in total. The first-order chi connectivity index (χ1) is 10.1. The van der Waals surface area contributed by atoms with Gasteiger partial charge in [0.05, 0.1) is 0 Å². The summed E-state index contributed by atoms with van der Waals surface area (Å²) >= 11 is 3.33. The van der Waals surface area contributed by atoms with Crippen molar-refractivity contribution in [2.45, 2.75) is 13.5 Å². The van der Waals surface area contributed by atoms with Gasteiger partial charge in [-0.1, -0.05) is 39.7 Å². The molecule has 1 heterocycles. The number of halogens is 2. The third-order valence-corrected chi connectivity index (χ3v) is 3.72. The van der Waals surface area contributed by atoms with E-state index in [2.05, 4.69) is 40.0 Å². The van der Waals surface area contributed by atoms with E-state index in [1.807, 2.05) is 29.0 Å². The van der Waals surface area contributed by atoms with E-state index in [1.54, 1.807) is 12.3 Å². The lowest BCUT2D eigenvalue weighted by atomic mass is 10.1. The van der Waals surface area contributed by atoms with Gasteiger partial charge in [-0.15, -0.1) is 0 Å². The summed E-state index contributed by atoms with van der Waals surface area (Å²) in [5.74, 6) is 0.649. The molecule has 0 aliphatic carbocycles. The second-order valence-corrected chi connectivity index (χ2v) is 5.94. The van der Waals surface area contributed by atoms with Crippen LogP contribution < -0.4 is 0 Å². The fraction of sp³-hybridized carbons (Fsp3) is 0.118. The van der Waals surface area contributed by atoms with Gasteiger partial charge in [0.25, 0.3) is 0 Å². The van der Waals surface area contributed by atoms with Crippen LogP contribution in [0.3, 0.4) is 0 Å². The number of aryl methyl sites for hydroxylation is 1. The van der Waals surface area contributed by atoms with Gasteiger partial charge >= 0.3 is 0 Å². The molecule has 0 atom stereocenters. The van der Waals surface area contributed by atoms with Crippen molar-refractivity contribution in [1.82, 2.24) is 9.55 Å². The van der Waals surface area contributed by atoms with E-state index < -0.39 is 0 Å². The molecule has 4 heteroatoms. The van der Waals surface area contributed by atoms with E-state index >= 15 is 0 Å². The van der Waals surface area contributed by atoms with Gasteiger partial charge in [0.1, 0.15) is 11.6 Å². The van der Waals surface area contributed by atoms with Crippen molar-refractivity contribution in [2.75, 3.05) is 0 Å². The highest BCUT2D eigenvalue weighted by molar-refractivity contribution is 9.10. The zero-order chi connectivity index (χ0) is 14.8. The van der Waals surface area contributed by atoms with E-state index in [9.17, 15) is 4.39 Å². The summed E-state index contributed by atoms with van der Waals surface area (Å²) in [4.78, 5) is 4.43. The molecule has 0 fully saturated rings. The molecule has 3 rings (SSSR count). The number of aromatic nitrogens is 2. The minimum Gasteiger partial charge on any atom is -0.327 e. The van der Waals surface area contributed by atoms with Gasteiger partial charge in [-0.2, -0.15) is 0 Å². The first kappa shape index (κ1) is 14.0. The Balaban J connectivity index is 1.96. The molecule has 0 N–H and O–H groups in total. The quantitative estimate of drug-likeness (QED) is 0.666. The molecule has 21 heavy (non-hydrogen) atoms. The van der Waals surface area contributed by atoms with Crippen LogP contribution in [0.5, 0.6) is 0 Å². The number of hydrogen-bond donors (Lipinski definition) is 0. The second-order valence-electron chi connectivity index (χ2n) is 5.03. The molecule has 0 aliphatic rings. The lowest BCUT2D eigenvalue weighted by Gasteiger charge is -2.09. The number of hydrogen-bond acceptors (Lipinski definition) is 1. The number of benzene rings is 2. The van der Waals surface area contributed by atoms with E-state index in [0.717, 1.165) is 21.4 Å². The van der Waals surface area contributed by atoms with Gasteiger partial charge in [0, 0.05) is 29.0 Å². The zero-order valence-corrected chi connectivity index (χ0v) is 13.1. The molecule has 0 saturated heterocycles. The average molecular weight is 345 g/mol. The maximum absolute atomic E-state index is 13.5. The first-order valence-electron chi connectivity index (χ1n) is 6.65. The summed E-state index contributed by atoms with van der Waals surface area (Å²) < 4.78 is 16.2. The zero-order valence-electron chi connectivity index (χ0n) is 11.6. The Hall–Kier alpha value is -1.94. The van der Waals surface area contributed by atoms with Crippen LogP contribution in [0.15, 0.2) is 59.3 Å². The lowest BCUT2D eigenvalue weighted by molar-refractivity contribution is 0.622. The summed E-state index contributed by atoms with van der Waals surface area (Å²) in [6.45, 7) is 2.64. The lowest BCUT2D eigenvalue weighted by Crippen LogP contribution is -2.01. The van der Waals surface area contributed by atoms with Crippen LogP contribution in [-0.2, 0) is 6.54 Å². The van der Waals surface area contributed by atoms with Crippen LogP contribution in [0, 0.1) is 12.7 Å². The van der Waals surface area contributed by atoms with E-state index in [0.29, 0.717) is 6.54 Å². The van der Waals surface area contributed by atoms with Crippen LogP contribution in [0.1, 0.15) is 11.1 Å². The van der Waals surface area contributed by atoms with E-state index in [-0.39, 0.29) is 5.82 Å². The third-order valence-electron chi connectivity index (χ3n) is 3.27. The molecule has 106 valence electrons. The molecule has 3 aromatic rings. The van der Waals surface area contributed by atoms with Gasteiger partial charge in [-0.3, -0.25) is 0 Å². The molecule has 1 aromatic heterocycles. The molecule has 0 spiro atoms. The van der Waals surface area contributed by atoms with Crippen molar-refractivity contribution in [3.8, 4) is 11.4 Å². The Morgan fingerprint density at radius 1 is 1.19 bits per heavy atom. The maximum Gasteiger partial charge on any atom is 0.140 e. The second kappa shape index (κ2) is 5.82. The highest BCUT2D eigenvalue weighted by atomic mass is 79.9. The normalized spacial score (nSPS) is 10.8. The minimum atomic E-state index is -0.239. The van der Waals surface area contributed by atoms with Gasteiger partial charge in [-0.05, 0) is 36.8 Å². The fourth-order valence-electron chi connectivity index (χ4n) is 2.38. The summed E-state index contributed by atoms with van der Waals surface area (Å²) in [5, 5.41) is 0. The fourth-order valence-corrected chi connectivity index (χ4v) is 2.89. The van der Waals surface area contributed by atoms with Crippen molar-refractivity contribution in [3.63, 3.8) is 0 Å². The Labute approximate surface area is 131 Å². The largest absolute Gasteiger partial charge is 0.327 e. The van der Waals surface area contributed by atoms with Crippen LogP contribution in [0.4, 0.5) is 4.39 Å². The first-order valence-corrected chi connectivity index (χ1v) is 7.44. The van der Waals surface area contributed by atoms with E-state index in [4.69, 9.17) is 0 Å². The molecular formula is C17H14BrFN2. The Kier molecular flexibility index (Phi) is 3.88. The molecular weight excluding hydrogens is 331 g/mol. The highest BCUT2D eigenvalue weighted by Gasteiger charge is 2.07. The summed E-state index contributed by atoms with van der Waals surface area (Å²) in [7, 11) is 0. The number of imidazole rings is 1. The molecule has 2 aromatic carbocycles. The van der Waals surface area contributed by atoms with Crippen LogP contribution in [0.25, 0.3) is 11.4 Å². The van der Waals surface area contributed by atoms with Crippen molar-refractivity contribution in [3.05, 3.63) is 76.3 Å². The standard InChI is InChI=1S/C17H14BrFN2/c1-12-3-2-4-14(7-12)17-20-5-6-21(17)11-13-8-15(18)10-16(19)9-13/h2-10H,11H2,1H3. The van der Waals surface area contributed by atoms with Crippen molar-refractivity contribution < 1.29 is 4.39 Å². The predicted molar refractivity (Wildman–Crippen MR) is 85.6 cm³/mol. The van der Waals surface area contributed by atoms with Crippen molar-refractivity contribution in [1.29, 1.82) is 0 Å². The van der Waals surface area contributed by atoms with Gasteiger partial charge < -0.3 is 4.57 Å². The van der Waals surface area contributed by atoms with Crippen molar-refractivity contribution >= 4 is 15.9 Å². The molecule has 0 radical (unpaired) electrons. The molecule has 0 aliphatic heterocycles. The van der Waals surface area contributed by atoms with Gasteiger partial charge in [0.2, 0.25) is 0 Å². The van der Waals surface area contributed by atoms with Gasteiger partial charge in [0.15, 0.2) is 0 Å². The van der Waals surface area contributed by atoms with Crippen LogP contribution in [-0.4, -0.2) is 9.55 Å². The van der Waals surface area contributed by atoms with Gasteiger partial charge in [-0.25, -0.2) is 9.37 Å². The molecule has 0 amide bonds. The maximum atomic E-state index is 13.5. The monoisotopic (exact) mass is 344 g/mol. The number of rotatable bonds is 3. The molecule has 0 unspecified atom stereocenters. The molecule has 0 saturated carbocycles. The van der Waals surface area contributed by atoms with Crippen molar-refractivity contribution in [2.24, 2.45) is 0 Å². The average Bonchev–Trinajstić information content (AvgIpc) is 2.85. The molecule has 0 bridgehead atoms. The topological polar surface area (TPSA) is 17.8 Å². The smallest absolute Gasteiger partial charge is 0.140 e.